The molecule has 0 heterocycles. The lowest BCUT2D eigenvalue weighted by Gasteiger charge is -2.19. The minimum Gasteiger partial charge on any atom is -0.451 e. The SMILES string of the molecule is C[C@@H](NS(=O)(=O)c1cccc(Cl)c1)C(=O)O[C@H](C)C(=O)NC1CCCC1. The van der Waals surface area contributed by atoms with Crippen LogP contribution >= 0.6 is 11.6 Å². The molecule has 0 aromatic heterocycles. The van der Waals surface area contributed by atoms with E-state index in [1.54, 1.807) is 6.07 Å². The summed E-state index contributed by atoms with van der Waals surface area (Å²) in [7, 11) is -3.94. The van der Waals surface area contributed by atoms with Crippen LogP contribution in [0.5, 0.6) is 0 Å². The first-order valence-electron chi connectivity index (χ1n) is 8.48. The molecule has 2 rings (SSSR count). The predicted octanol–water partition coefficient (Wildman–Crippen LogP) is 2.00. The van der Waals surface area contributed by atoms with Crippen LogP contribution < -0.4 is 10.0 Å². The van der Waals surface area contributed by atoms with Gasteiger partial charge in [-0.3, -0.25) is 9.59 Å². The van der Waals surface area contributed by atoms with Crippen LogP contribution in [0.1, 0.15) is 39.5 Å². The molecule has 1 fully saturated rings. The highest BCUT2D eigenvalue weighted by Gasteiger charge is 2.27. The van der Waals surface area contributed by atoms with E-state index in [2.05, 4.69) is 10.0 Å². The van der Waals surface area contributed by atoms with Crippen LogP contribution in [-0.2, 0) is 24.3 Å². The number of nitrogens with one attached hydrogen (secondary N) is 2. The number of carbonyl (C=O) groups excluding carboxylic acids is 2. The van der Waals surface area contributed by atoms with Crippen LogP contribution in [0.3, 0.4) is 0 Å². The van der Waals surface area contributed by atoms with Crippen molar-refractivity contribution in [1.82, 2.24) is 10.0 Å². The van der Waals surface area contributed by atoms with Crippen molar-refractivity contribution >= 4 is 33.5 Å². The number of hydrogen-bond donors (Lipinski definition) is 2. The summed E-state index contributed by atoms with van der Waals surface area (Å²) < 4.78 is 31.9. The number of carbonyl (C=O) groups is 2. The zero-order chi connectivity index (χ0) is 19.3. The maximum Gasteiger partial charge on any atom is 0.324 e. The molecule has 1 aliphatic carbocycles. The summed E-state index contributed by atoms with van der Waals surface area (Å²) in [6, 6.07) is 4.64. The Morgan fingerprint density at radius 1 is 1.23 bits per heavy atom. The van der Waals surface area contributed by atoms with Gasteiger partial charge in [0.05, 0.1) is 4.90 Å². The van der Waals surface area contributed by atoms with Gasteiger partial charge in [-0.25, -0.2) is 8.42 Å². The van der Waals surface area contributed by atoms with Crippen molar-refractivity contribution in [3.63, 3.8) is 0 Å². The maximum absolute atomic E-state index is 12.3. The molecule has 0 saturated heterocycles. The van der Waals surface area contributed by atoms with Gasteiger partial charge < -0.3 is 10.1 Å². The highest BCUT2D eigenvalue weighted by atomic mass is 35.5. The Morgan fingerprint density at radius 3 is 2.50 bits per heavy atom. The second-order valence-electron chi connectivity index (χ2n) is 6.37. The zero-order valence-electron chi connectivity index (χ0n) is 14.7. The highest BCUT2D eigenvalue weighted by Crippen LogP contribution is 2.18. The van der Waals surface area contributed by atoms with E-state index in [4.69, 9.17) is 16.3 Å². The summed E-state index contributed by atoms with van der Waals surface area (Å²) in [5, 5.41) is 3.10. The molecule has 0 unspecified atom stereocenters. The largest absolute Gasteiger partial charge is 0.451 e. The molecule has 0 aliphatic heterocycles. The van der Waals surface area contributed by atoms with Crippen LogP contribution in [-0.4, -0.2) is 38.5 Å². The van der Waals surface area contributed by atoms with Gasteiger partial charge in [0.1, 0.15) is 6.04 Å². The summed E-state index contributed by atoms with van der Waals surface area (Å²) in [5.74, 6) is -1.21. The minimum atomic E-state index is -3.94. The Hall–Kier alpha value is -1.64. The molecule has 26 heavy (non-hydrogen) atoms. The lowest BCUT2D eigenvalue weighted by atomic mass is 10.2. The van der Waals surface area contributed by atoms with Crippen LogP contribution in [0.4, 0.5) is 0 Å². The molecule has 0 spiro atoms. The average molecular weight is 403 g/mol. The topological polar surface area (TPSA) is 102 Å². The first kappa shape index (κ1) is 20.7. The van der Waals surface area contributed by atoms with Crippen LogP contribution in [0, 0.1) is 0 Å². The number of ether oxygens (including phenoxy) is 1. The Morgan fingerprint density at radius 2 is 1.88 bits per heavy atom. The van der Waals surface area contributed by atoms with E-state index < -0.39 is 28.1 Å². The Balaban J connectivity index is 1.90. The standard InChI is InChI=1S/C17H23ClN2O5S/c1-11(20-26(23,24)15-9-5-6-13(18)10-15)17(22)25-12(2)16(21)19-14-7-3-4-8-14/h5-6,9-12,14,20H,3-4,7-8H2,1-2H3,(H,19,21)/t11-,12-/m1/s1. The van der Waals surface area contributed by atoms with E-state index in [-0.39, 0.29) is 21.9 Å². The number of amides is 1. The Kier molecular flexibility index (Phi) is 7.02. The van der Waals surface area contributed by atoms with Gasteiger partial charge in [0.2, 0.25) is 10.0 Å². The number of halogens is 1. The average Bonchev–Trinajstić information content (AvgIpc) is 3.07. The summed E-state index contributed by atoms with van der Waals surface area (Å²) in [4.78, 5) is 24.1. The van der Waals surface area contributed by atoms with Crippen molar-refractivity contribution in [1.29, 1.82) is 0 Å². The summed E-state index contributed by atoms with van der Waals surface area (Å²) in [6.45, 7) is 2.81. The number of rotatable bonds is 7. The first-order chi connectivity index (χ1) is 12.2. The lowest BCUT2D eigenvalue weighted by Crippen LogP contribution is -2.45. The quantitative estimate of drug-likeness (QED) is 0.679. The van der Waals surface area contributed by atoms with Crippen molar-refractivity contribution in [3.8, 4) is 0 Å². The first-order valence-corrected chi connectivity index (χ1v) is 10.3. The van der Waals surface area contributed by atoms with Crippen molar-refractivity contribution in [2.24, 2.45) is 0 Å². The lowest BCUT2D eigenvalue weighted by molar-refractivity contribution is -0.156. The highest BCUT2D eigenvalue weighted by molar-refractivity contribution is 7.89. The molecule has 2 atom stereocenters. The van der Waals surface area contributed by atoms with Crippen molar-refractivity contribution < 1.29 is 22.7 Å². The summed E-state index contributed by atoms with van der Waals surface area (Å²) >= 11 is 5.80. The van der Waals surface area contributed by atoms with Crippen LogP contribution in [0.25, 0.3) is 0 Å². The van der Waals surface area contributed by atoms with Gasteiger partial charge in [-0.2, -0.15) is 4.72 Å². The van der Waals surface area contributed by atoms with E-state index in [0.717, 1.165) is 25.7 Å². The minimum absolute atomic E-state index is 0.0586. The Bertz CT molecular complexity index is 762. The van der Waals surface area contributed by atoms with Crippen LogP contribution in [0.15, 0.2) is 29.2 Å². The number of benzene rings is 1. The molecule has 1 amide bonds. The van der Waals surface area contributed by atoms with E-state index >= 15 is 0 Å². The van der Waals surface area contributed by atoms with Crippen molar-refractivity contribution in [2.45, 2.75) is 62.6 Å². The van der Waals surface area contributed by atoms with E-state index in [1.807, 2.05) is 0 Å². The van der Waals surface area contributed by atoms with E-state index in [0.29, 0.717) is 0 Å². The third kappa shape index (κ3) is 5.69. The number of esters is 1. The van der Waals surface area contributed by atoms with Gasteiger partial charge in [0.25, 0.3) is 5.91 Å². The molecule has 7 nitrogen and oxygen atoms in total. The van der Waals surface area contributed by atoms with Gasteiger partial charge in [0, 0.05) is 11.1 Å². The number of sulfonamides is 1. The van der Waals surface area contributed by atoms with Crippen LogP contribution in [0.2, 0.25) is 5.02 Å². The van der Waals surface area contributed by atoms with Crippen molar-refractivity contribution in [2.75, 3.05) is 0 Å². The molecule has 0 radical (unpaired) electrons. The van der Waals surface area contributed by atoms with Crippen molar-refractivity contribution in [3.05, 3.63) is 29.3 Å². The smallest absolute Gasteiger partial charge is 0.324 e. The molecule has 144 valence electrons. The molecule has 9 heteroatoms. The van der Waals surface area contributed by atoms with Gasteiger partial charge in [-0.1, -0.05) is 30.5 Å². The second kappa shape index (κ2) is 8.83. The molecular weight excluding hydrogens is 380 g/mol. The fraction of sp³-hybridized carbons (Fsp3) is 0.529. The fourth-order valence-corrected chi connectivity index (χ4v) is 4.19. The normalized spacial score (nSPS) is 17.5. The predicted molar refractivity (Wildman–Crippen MR) is 97.2 cm³/mol. The van der Waals surface area contributed by atoms with Gasteiger partial charge >= 0.3 is 5.97 Å². The van der Waals surface area contributed by atoms with E-state index in [9.17, 15) is 18.0 Å². The second-order valence-corrected chi connectivity index (χ2v) is 8.52. The third-order valence-corrected chi connectivity index (χ3v) is 5.93. The van der Waals surface area contributed by atoms with Gasteiger partial charge in [0.15, 0.2) is 6.10 Å². The fourth-order valence-electron chi connectivity index (χ4n) is 2.70. The molecule has 2 N–H and O–H groups in total. The zero-order valence-corrected chi connectivity index (χ0v) is 16.3. The Labute approximate surface area is 158 Å². The van der Waals surface area contributed by atoms with Gasteiger partial charge in [-0.15, -0.1) is 0 Å². The van der Waals surface area contributed by atoms with Gasteiger partial charge in [-0.05, 0) is 44.9 Å². The molecule has 1 aliphatic rings. The molecule has 1 aromatic carbocycles. The molecule has 1 aromatic rings. The molecule has 1 saturated carbocycles. The number of hydrogen-bond acceptors (Lipinski definition) is 5. The monoisotopic (exact) mass is 402 g/mol. The third-order valence-electron chi connectivity index (χ3n) is 4.16. The maximum atomic E-state index is 12.3. The summed E-state index contributed by atoms with van der Waals surface area (Å²) in [6.07, 6.45) is 2.98. The summed E-state index contributed by atoms with van der Waals surface area (Å²) in [5.41, 5.74) is 0. The van der Waals surface area contributed by atoms with E-state index in [1.165, 1.54) is 32.0 Å². The molecule has 0 bridgehead atoms. The molecular formula is C17H23ClN2O5S.